The molecule has 6 rings (SSSR count). The topological polar surface area (TPSA) is 71.1 Å². The Balaban J connectivity index is 0.000000155. The number of hydrogen-bond acceptors (Lipinski definition) is 6. The van der Waals surface area contributed by atoms with Gasteiger partial charge in [-0.15, -0.1) is 0 Å². The molecule has 0 radical (unpaired) electrons. The molecule has 0 saturated heterocycles. The van der Waals surface area contributed by atoms with Gasteiger partial charge in [0.15, 0.2) is 11.6 Å². The van der Waals surface area contributed by atoms with Crippen molar-refractivity contribution < 1.29 is 28.5 Å². The second kappa shape index (κ2) is 11.2. The lowest BCUT2D eigenvalue weighted by atomic mass is 9.96. The van der Waals surface area contributed by atoms with Gasteiger partial charge >= 0.3 is 0 Å². The van der Waals surface area contributed by atoms with E-state index in [0.717, 1.165) is 11.1 Å². The van der Waals surface area contributed by atoms with E-state index in [-0.39, 0.29) is 23.8 Å². The SMILES string of the molecule is COc1cccc2c1C(=O)CC(c1ccccc1)O2.COc1cccc2c1C(=O)CC(c1ccccc1)O2. The third-order valence-corrected chi connectivity index (χ3v) is 6.60. The maximum absolute atomic E-state index is 12.3. The lowest BCUT2D eigenvalue weighted by Gasteiger charge is -2.26. The first-order valence-electron chi connectivity index (χ1n) is 12.4. The van der Waals surface area contributed by atoms with Gasteiger partial charge in [-0.25, -0.2) is 0 Å². The number of ether oxygens (including phenoxy) is 4. The summed E-state index contributed by atoms with van der Waals surface area (Å²) in [6.45, 7) is 0. The Morgan fingerprint density at radius 2 is 0.947 bits per heavy atom. The molecular weight excluding hydrogens is 480 g/mol. The van der Waals surface area contributed by atoms with E-state index in [2.05, 4.69) is 0 Å². The van der Waals surface area contributed by atoms with Gasteiger partial charge in [-0.1, -0.05) is 72.8 Å². The summed E-state index contributed by atoms with van der Waals surface area (Å²) in [5.41, 5.74) is 3.14. The van der Waals surface area contributed by atoms with Crippen LogP contribution in [0, 0.1) is 0 Å². The van der Waals surface area contributed by atoms with Crippen LogP contribution in [0.5, 0.6) is 23.0 Å². The van der Waals surface area contributed by atoms with Gasteiger partial charge in [-0.05, 0) is 35.4 Å². The fourth-order valence-corrected chi connectivity index (χ4v) is 4.75. The first-order chi connectivity index (χ1) is 18.6. The maximum Gasteiger partial charge on any atom is 0.174 e. The quantitative estimate of drug-likeness (QED) is 0.302. The Labute approximate surface area is 221 Å². The van der Waals surface area contributed by atoms with Gasteiger partial charge in [0.1, 0.15) is 46.3 Å². The smallest absolute Gasteiger partial charge is 0.174 e. The van der Waals surface area contributed by atoms with Crippen LogP contribution in [-0.2, 0) is 0 Å². The summed E-state index contributed by atoms with van der Waals surface area (Å²) in [7, 11) is 3.12. The van der Waals surface area contributed by atoms with Crippen molar-refractivity contribution in [2.45, 2.75) is 25.0 Å². The lowest BCUT2D eigenvalue weighted by molar-refractivity contribution is 0.0835. The van der Waals surface area contributed by atoms with E-state index >= 15 is 0 Å². The number of fused-ring (bicyclic) bond motifs is 2. The molecule has 2 heterocycles. The van der Waals surface area contributed by atoms with Crippen LogP contribution in [0.15, 0.2) is 97.1 Å². The second-order valence-electron chi connectivity index (χ2n) is 8.96. The largest absolute Gasteiger partial charge is 0.496 e. The fraction of sp³-hybridized carbons (Fsp3) is 0.188. The van der Waals surface area contributed by atoms with Crippen LogP contribution in [0.4, 0.5) is 0 Å². The number of Topliss-reactive ketones (excluding diaryl/α,β-unsaturated/α-hetero) is 2. The molecule has 0 spiro atoms. The standard InChI is InChI=1S/2C16H14O3/c2*1-18-13-8-5-9-14-16(13)12(17)10-15(19-14)11-6-3-2-4-7-11/h2*2-9,15H,10H2,1H3. The van der Waals surface area contributed by atoms with Crippen molar-refractivity contribution in [3.05, 3.63) is 119 Å². The van der Waals surface area contributed by atoms with Gasteiger partial charge in [-0.3, -0.25) is 9.59 Å². The number of carbonyl (C=O) groups excluding carboxylic acids is 2. The maximum atomic E-state index is 12.3. The predicted octanol–water partition coefficient (Wildman–Crippen LogP) is 6.80. The molecule has 0 fully saturated rings. The van der Waals surface area contributed by atoms with Gasteiger partial charge in [0, 0.05) is 0 Å². The number of hydrogen-bond donors (Lipinski definition) is 0. The highest BCUT2D eigenvalue weighted by molar-refractivity contribution is 6.03. The number of ketones is 2. The zero-order valence-corrected chi connectivity index (χ0v) is 21.3. The Morgan fingerprint density at radius 1 is 0.553 bits per heavy atom. The minimum absolute atomic E-state index is 0.0625. The second-order valence-corrected chi connectivity index (χ2v) is 8.96. The molecular formula is C32H28O6. The van der Waals surface area contributed by atoms with Crippen LogP contribution >= 0.6 is 0 Å². The van der Waals surface area contributed by atoms with Crippen LogP contribution in [-0.4, -0.2) is 25.8 Å². The zero-order chi connectivity index (χ0) is 26.5. The van der Waals surface area contributed by atoms with Gasteiger partial charge in [0.2, 0.25) is 0 Å². The van der Waals surface area contributed by atoms with Crippen molar-refractivity contribution in [1.29, 1.82) is 0 Å². The van der Waals surface area contributed by atoms with Gasteiger partial charge in [0.25, 0.3) is 0 Å². The van der Waals surface area contributed by atoms with E-state index in [0.29, 0.717) is 47.0 Å². The highest BCUT2D eigenvalue weighted by Gasteiger charge is 2.31. The summed E-state index contributed by atoms with van der Waals surface area (Å²) >= 11 is 0. The molecule has 0 aromatic heterocycles. The summed E-state index contributed by atoms with van der Waals surface area (Å²) in [6.07, 6.45) is 0.260. The third kappa shape index (κ3) is 5.11. The fourth-order valence-electron chi connectivity index (χ4n) is 4.75. The number of methoxy groups -OCH3 is 2. The van der Waals surface area contributed by atoms with E-state index < -0.39 is 0 Å². The van der Waals surface area contributed by atoms with Crippen molar-refractivity contribution in [2.24, 2.45) is 0 Å². The Morgan fingerprint density at radius 3 is 1.32 bits per heavy atom. The minimum Gasteiger partial charge on any atom is -0.496 e. The van der Waals surface area contributed by atoms with Crippen molar-refractivity contribution in [3.63, 3.8) is 0 Å². The molecule has 2 unspecified atom stereocenters. The molecule has 2 atom stereocenters. The van der Waals surface area contributed by atoms with Gasteiger partial charge in [-0.2, -0.15) is 0 Å². The Bertz CT molecular complexity index is 1320. The van der Waals surface area contributed by atoms with Gasteiger partial charge < -0.3 is 18.9 Å². The molecule has 6 nitrogen and oxygen atoms in total. The van der Waals surface area contributed by atoms with Crippen molar-refractivity contribution >= 4 is 11.6 Å². The monoisotopic (exact) mass is 508 g/mol. The number of rotatable bonds is 4. The zero-order valence-electron chi connectivity index (χ0n) is 21.3. The molecule has 38 heavy (non-hydrogen) atoms. The van der Waals surface area contributed by atoms with Crippen molar-refractivity contribution in [1.82, 2.24) is 0 Å². The Kier molecular flexibility index (Phi) is 7.40. The molecule has 0 amide bonds. The molecule has 0 saturated carbocycles. The highest BCUT2D eigenvalue weighted by Crippen LogP contribution is 2.40. The molecule has 0 N–H and O–H groups in total. The van der Waals surface area contributed by atoms with Crippen molar-refractivity contribution in [2.75, 3.05) is 14.2 Å². The molecule has 0 aliphatic carbocycles. The Hall–Kier alpha value is -4.58. The molecule has 192 valence electrons. The highest BCUT2D eigenvalue weighted by atomic mass is 16.5. The molecule has 6 heteroatoms. The first kappa shape index (κ1) is 25.1. The molecule has 2 aliphatic heterocycles. The van der Waals surface area contributed by atoms with Crippen LogP contribution in [0.25, 0.3) is 0 Å². The molecule has 4 aromatic carbocycles. The van der Waals surface area contributed by atoms with E-state index in [1.54, 1.807) is 26.4 Å². The van der Waals surface area contributed by atoms with E-state index in [4.69, 9.17) is 18.9 Å². The predicted molar refractivity (Wildman–Crippen MR) is 144 cm³/mol. The number of carbonyl (C=O) groups is 2. The van der Waals surface area contributed by atoms with Crippen LogP contribution in [0.2, 0.25) is 0 Å². The summed E-state index contributed by atoms with van der Waals surface area (Å²) in [5.74, 6) is 2.48. The third-order valence-electron chi connectivity index (χ3n) is 6.60. The summed E-state index contributed by atoms with van der Waals surface area (Å²) < 4.78 is 22.3. The summed E-state index contributed by atoms with van der Waals surface area (Å²) in [5, 5.41) is 0. The van der Waals surface area contributed by atoms with E-state index in [1.165, 1.54) is 0 Å². The molecule has 2 aliphatic rings. The van der Waals surface area contributed by atoms with E-state index in [1.807, 2.05) is 84.9 Å². The summed E-state index contributed by atoms with van der Waals surface area (Å²) in [4.78, 5) is 24.6. The minimum atomic E-state index is -0.215. The van der Waals surface area contributed by atoms with Crippen LogP contribution in [0.1, 0.15) is 56.9 Å². The number of benzene rings is 4. The average molecular weight is 509 g/mol. The first-order valence-corrected chi connectivity index (χ1v) is 12.4. The van der Waals surface area contributed by atoms with Crippen molar-refractivity contribution in [3.8, 4) is 23.0 Å². The molecule has 4 aromatic rings. The summed E-state index contributed by atoms with van der Waals surface area (Å²) in [6, 6.07) is 30.4. The van der Waals surface area contributed by atoms with E-state index in [9.17, 15) is 9.59 Å². The normalized spacial score (nSPS) is 17.5. The molecule has 0 bridgehead atoms. The lowest BCUT2D eigenvalue weighted by Crippen LogP contribution is -2.20. The van der Waals surface area contributed by atoms with Gasteiger partial charge in [0.05, 0.1) is 27.1 Å². The van der Waals surface area contributed by atoms with Crippen LogP contribution in [0.3, 0.4) is 0 Å². The van der Waals surface area contributed by atoms with Crippen LogP contribution < -0.4 is 18.9 Å². The average Bonchev–Trinajstić information content (AvgIpc) is 2.97.